The highest BCUT2D eigenvalue weighted by Crippen LogP contribution is 2.10. The zero-order chi connectivity index (χ0) is 9.68. The molecule has 13 heavy (non-hydrogen) atoms. The Bertz CT molecular complexity index is 292. The second-order valence-electron chi connectivity index (χ2n) is 3.05. The van der Waals surface area contributed by atoms with E-state index >= 15 is 0 Å². The van der Waals surface area contributed by atoms with Gasteiger partial charge in [0.1, 0.15) is 0 Å². The first-order valence-electron chi connectivity index (χ1n) is 4.55. The number of benzene rings is 1. The van der Waals surface area contributed by atoms with Crippen molar-refractivity contribution in [1.82, 2.24) is 0 Å². The van der Waals surface area contributed by atoms with Gasteiger partial charge in [-0.1, -0.05) is 37.6 Å². The molecule has 0 heterocycles. The fourth-order valence-corrected chi connectivity index (χ4v) is 1.30. The van der Waals surface area contributed by atoms with Crippen LogP contribution in [0.4, 0.5) is 0 Å². The Balaban J connectivity index is 2.84. The number of carboxylic acid groups (broad SMARTS) is 1. The molecule has 0 aliphatic carbocycles. The van der Waals surface area contributed by atoms with Crippen molar-refractivity contribution < 1.29 is 9.90 Å². The maximum atomic E-state index is 10.7. The second kappa shape index (κ2) is 4.65. The molecule has 0 aromatic heterocycles. The van der Waals surface area contributed by atoms with Crippen molar-refractivity contribution in [2.24, 2.45) is 0 Å². The van der Waals surface area contributed by atoms with Gasteiger partial charge in [-0.05, 0) is 18.4 Å². The van der Waals surface area contributed by atoms with E-state index in [-0.39, 0.29) is 0 Å². The summed E-state index contributed by atoms with van der Waals surface area (Å²) < 4.78 is 0. The number of unbranched alkanes of at least 4 members (excludes halogenated alkanes) is 1. The third kappa shape index (κ3) is 2.58. The van der Waals surface area contributed by atoms with Gasteiger partial charge in [0.05, 0.1) is 5.97 Å². The molecule has 0 amide bonds. The van der Waals surface area contributed by atoms with Crippen LogP contribution in [0.25, 0.3) is 0 Å². The minimum Gasteiger partial charge on any atom is -0.545 e. The molecule has 0 saturated carbocycles. The van der Waals surface area contributed by atoms with E-state index < -0.39 is 5.97 Å². The van der Waals surface area contributed by atoms with E-state index in [1.165, 1.54) is 0 Å². The molecule has 1 rings (SSSR count). The molecule has 0 N–H and O–H groups in total. The average molecular weight is 177 g/mol. The Morgan fingerprint density at radius 2 is 2.08 bits per heavy atom. The fourth-order valence-electron chi connectivity index (χ4n) is 1.30. The first-order chi connectivity index (χ1) is 6.25. The standard InChI is InChI=1S/C11H14O2/c1-2-3-6-9-7-4-5-8-10(9)11(12)13/h4-5,7-8H,2-3,6H2,1H3,(H,12,13)/p-1. The molecule has 0 saturated heterocycles. The summed E-state index contributed by atoms with van der Waals surface area (Å²) in [4.78, 5) is 10.7. The predicted molar refractivity (Wildman–Crippen MR) is 49.4 cm³/mol. The number of rotatable bonds is 4. The van der Waals surface area contributed by atoms with Gasteiger partial charge in [-0.3, -0.25) is 0 Å². The molecule has 0 aliphatic heterocycles. The number of carbonyl (C=O) groups excluding carboxylic acids is 1. The van der Waals surface area contributed by atoms with Crippen molar-refractivity contribution >= 4 is 5.97 Å². The SMILES string of the molecule is CCCCc1ccccc1C(=O)[O-]. The smallest absolute Gasteiger partial charge is 0.0718 e. The van der Waals surface area contributed by atoms with Crippen LogP contribution in [0.2, 0.25) is 0 Å². The summed E-state index contributed by atoms with van der Waals surface area (Å²) in [6.45, 7) is 2.08. The van der Waals surface area contributed by atoms with Crippen molar-refractivity contribution in [3.05, 3.63) is 35.4 Å². The average Bonchev–Trinajstić information content (AvgIpc) is 2.15. The molecular formula is C11H13O2-. The van der Waals surface area contributed by atoms with Crippen molar-refractivity contribution in [2.75, 3.05) is 0 Å². The van der Waals surface area contributed by atoms with Gasteiger partial charge in [0.15, 0.2) is 0 Å². The third-order valence-corrected chi connectivity index (χ3v) is 2.04. The first kappa shape index (κ1) is 9.78. The van der Waals surface area contributed by atoms with Crippen LogP contribution in [0, 0.1) is 0 Å². The van der Waals surface area contributed by atoms with Gasteiger partial charge < -0.3 is 9.90 Å². The largest absolute Gasteiger partial charge is 0.545 e. The van der Waals surface area contributed by atoms with Crippen LogP contribution in [-0.4, -0.2) is 5.97 Å². The normalized spacial score (nSPS) is 9.92. The summed E-state index contributed by atoms with van der Waals surface area (Å²) in [6.07, 6.45) is 2.91. The number of hydrogen-bond acceptors (Lipinski definition) is 2. The Morgan fingerprint density at radius 1 is 1.38 bits per heavy atom. The summed E-state index contributed by atoms with van der Waals surface area (Å²) >= 11 is 0. The molecule has 2 nitrogen and oxygen atoms in total. The lowest BCUT2D eigenvalue weighted by atomic mass is 10.0. The third-order valence-electron chi connectivity index (χ3n) is 2.04. The van der Waals surface area contributed by atoms with Gasteiger partial charge in [-0.15, -0.1) is 0 Å². The van der Waals surface area contributed by atoms with Gasteiger partial charge in [-0.25, -0.2) is 0 Å². The molecule has 1 aromatic rings. The van der Waals surface area contributed by atoms with Crippen molar-refractivity contribution in [3.8, 4) is 0 Å². The molecule has 0 radical (unpaired) electrons. The first-order valence-corrected chi connectivity index (χ1v) is 4.55. The fraction of sp³-hybridized carbons (Fsp3) is 0.364. The van der Waals surface area contributed by atoms with Crippen LogP contribution in [0.1, 0.15) is 35.7 Å². The van der Waals surface area contributed by atoms with Gasteiger partial charge in [-0.2, -0.15) is 0 Å². The van der Waals surface area contributed by atoms with E-state index in [9.17, 15) is 9.90 Å². The van der Waals surface area contributed by atoms with Crippen molar-refractivity contribution in [2.45, 2.75) is 26.2 Å². The van der Waals surface area contributed by atoms with E-state index in [4.69, 9.17) is 0 Å². The number of hydrogen-bond donors (Lipinski definition) is 0. The van der Waals surface area contributed by atoms with Gasteiger partial charge >= 0.3 is 0 Å². The molecule has 0 atom stereocenters. The number of carbonyl (C=O) groups is 1. The lowest BCUT2D eigenvalue weighted by Crippen LogP contribution is -2.23. The zero-order valence-corrected chi connectivity index (χ0v) is 7.75. The molecule has 0 aliphatic rings. The molecule has 0 unspecified atom stereocenters. The topological polar surface area (TPSA) is 40.1 Å². The van der Waals surface area contributed by atoms with E-state index in [2.05, 4.69) is 6.92 Å². The Morgan fingerprint density at radius 3 is 2.69 bits per heavy atom. The summed E-state index contributed by atoms with van der Waals surface area (Å²) in [6, 6.07) is 7.03. The predicted octanol–water partition coefficient (Wildman–Crippen LogP) is 1.39. The lowest BCUT2D eigenvalue weighted by molar-refractivity contribution is -0.255. The Kier molecular flexibility index (Phi) is 3.50. The number of aromatic carboxylic acids is 1. The minimum absolute atomic E-state index is 0.330. The van der Waals surface area contributed by atoms with Crippen molar-refractivity contribution in [3.63, 3.8) is 0 Å². The summed E-state index contributed by atoms with van der Waals surface area (Å²) in [5, 5.41) is 10.7. The van der Waals surface area contributed by atoms with E-state index in [0.717, 1.165) is 24.8 Å². The number of aryl methyl sites for hydroxylation is 1. The maximum absolute atomic E-state index is 10.7. The van der Waals surface area contributed by atoms with Crippen LogP contribution >= 0.6 is 0 Å². The highest BCUT2D eigenvalue weighted by molar-refractivity contribution is 5.87. The molecule has 1 aromatic carbocycles. The second-order valence-corrected chi connectivity index (χ2v) is 3.05. The van der Waals surface area contributed by atoms with Crippen molar-refractivity contribution in [1.29, 1.82) is 0 Å². The quantitative estimate of drug-likeness (QED) is 0.697. The highest BCUT2D eigenvalue weighted by atomic mass is 16.4. The molecular weight excluding hydrogens is 164 g/mol. The maximum Gasteiger partial charge on any atom is 0.0718 e. The van der Waals surface area contributed by atoms with Crippen LogP contribution in [-0.2, 0) is 6.42 Å². The summed E-state index contributed by atoms with van der Waals surface area (Å²) in [5.74, 6) is -1.08. The van der Waals surface area contributed by atoms with Gasteiger partial charge in [0, 0.05) is 5.56 Å². The molecule has 2 heteroatoms. The summed E-state index contributed by atoms with van der Waals surface area (Å²) in [5.41, 5.74) is 1.21. The molecule has 0 fully saturated rings. The van der Waals surface area contributed by atoms with E-state index in [1.807, 2.05) is 12.1 Å². The highest BCUT2D eigenvalue weighted by Gasteiger charge is 2.00. The molecule has 0 spiro atoms. The van der Waals surface area contributed by atoms with E-state index in [0.29, 0.717) is 5.56 Å². The Hall–Kier alpha value is -1.31. The monoisotopic (exact) mass is 177 g/mol. The van der Waals surface area contributed by atoms with Crippen LogP contribution in [0.15, 0.2) is 24.3 Å². The van der Waals surface area contributed by atoms with Crippen LogP contribution < -0.4 is 5.11 Å². The number of carboxylic acids is 1. The Labute approximate surface area is 78.2 Å². The molecule has 0 bridgehead atoms. The van der Waals surface area contributed by atoms with Crippen LogP contribution in [0.5, 0.6) is 0 Å². The van der Waals surface area contributed by atoms with Gasteiger partial charge in [0.2, 0.25) is 0 Å². The van der Waals surface area contributed by atoms with E-state index in [1.54, 1.807) is 12.1 Å². The zero-order valence-electron chi connectivity index (χ0n) is 7.75. The minimum atomic E-state index is -1.08. The van der Waals surface area contributed by atoms with Gasteiger partial charge in [0.25, 0.3) is 0 Å². The lowest BCUT2D eigenvalue weighted by Gasteiger charge is -2.08. The summed E-state index contributed by atoms with van der Waals surface area (Å²) in [7, 11) is 0. The van der Waals surface area contributed by atoms with Crippen LogP contribution in [0.3, 0.4) is 0 Å². The molecule has 70 valence electrons.